The molecule has 120 valence electrons. The van der Waals surface area contributed by atoms with E-state index in [1.54, 1.807) is 11.3 Å². The summed E-state index contributed by atoms with van der Waals surface area (Å²) in [6, 6.07) is 9.94. The molecular weight excluding hydrogens is 310 g/mol. The van der Waals surface area contributed by atoms with Gasteiger partial charge in [-0.2, -0.15) is 0 Å². The van der Waals surface area contributed by atoms with Gasteiger partial charge in [0.15, 0.2) is 0 Å². The number of benzene rings is 1. The van der Waals surface area contributed by atoms with Gasteiger partial charge in [0.25, 0.3) is 0 Å². The van der Waals surface area contributed by atoms with E-state index < -0.39 is 6.04 Å². The van der Waals surface area contributed by atoms with Crippen LogP contribution in [0, 0.1) is 0 Å². The van der Waals surface area contributed by atoms with Crippen LogP contribution in [0.25, 0.3) is 0 Å². The molecular formula is C17H19N3O2S. The van der Waals surface area contributed by atoms with Crippen molar-refractivity contribution in [3.8, 4) is 0 Å². The third-order valence-electron chi connectivity index (χ3n) is 3.83. The van der Waals surface area contributed by atoms with Crippen molar-refractivity contribution in [2.45, 2.75) is 38.3 Å². The first-order valence-electron chi connectivity index (χ1n) is 7.75. The second-order valence-corrected chi connectivity index (χ2v) is 6.54. The summed E-state index contributed by atoms with van der Waals surface area (Å²) in [4.78, 5) is 27.6. The van der Waals surface area contributed by atoms with Crippen molar-refractivity contribution in [2.75, 3.05) is 0 Å². The summed E-state index contributed by atoms with van der Waals surface area (Å²) in [5.74, 6) is -0.184. The van der Waals surface area contributed by atoms with E-state index in [2.05, 4.69) is 27.8 Å². The highest BCUT2D eigenvalue weighted by Gasteiger charge is 2.26. The second-order valence-electron chi connectivity index (χ2n) is 5.59. The maximum absolute atomic E-state index is 11.9. The quantitative estimate of drug-likeness (QED) is 0.849. The van der Waals surface area contributed by atoms with Crippen LogP contribution in [0.2, 0.25) is 0 Å². The van der Waals surface area contributed by atoms with Crippen LogP contribution in [0.5, 0.6) is 0 Å². The zero-order chi connectivity index (χ0) is 16.1. The van der Waals surface area contributed by atoms with Crippen LogP contribution >= 0.6 is 11.3 Å². The average molecular weight is 329 g/mol. The fourth-order valence-corrected chi connectivity index (χ4v) is 3.35. The van der Waals surface area contributed by atoms with Crippen molar-refractivity contribution in [1.82, 2.24) is 15.6 Å². The number of nitrogens with one attached hydrogen (secondary N) is 2. The van der Waals surface area contributed by atoms with Crippen LogP contribution in [0.3, 0.4) is 0 Å². The van der Waals surface area contributed by atoms with Crippen LogP contribution in [0.15, 0.2) is 35.7 Å². The van der Waals surface area contributed by atoms with Gasteiger partial charge in [0, 0.05) is 18.2 Å². The summed E-state index contributed by atoms with van der Waals surface area (Å²) < 4.78 is 0. The first-order valence-corrected chi connectivity index (χ1v) is 8.63. The maximum Gasteiger partial charge on any atom is 0.242 e. The molecule has 5 nitrogen and oxygen atoms in total. The molecule has 2 heterocycles. The lowest BCUT2D eigenvalue weighted by Gasteiger charge is -2.09. The molecule has 1 aromatic heterocycles. The molecule has 6 heteroatoms. The Kier molecular flexibility index (Phi) is 5.02. The van der Waals surface area contributed by atoms with Crippen molar-refractivity contribution in [2.24, 2.45) is 0 Å². The number of aromatic nitrogens is 1. The van der Waals surface area contributed by atoms with Crippen LogP contribution < -0.4 is 10.6 Å². The van der Waals surface area contributed by atoms with Gasteiger partial charge in [0.1, 0.15) is 6.04 Å². The summed E-state index contributed by atoms with van der Waals surface area (Å²) in [5.41, 5.74) is 2.17. The molecule has 2 amide bonds. The molecule has 2 aromatic rings. The van der Waals surface area contributed by atoms with E-state index in [4.69, 9.17) is 0 Å². The first kappa shape index (κ1) is 15.7. The molecule has 0 bridgehead atoms. The Bertz CT molecular complexity index is 684. The molecule has 1 aliphatic rings. The predicted molar refractivity (Wildman–Crippen MR) is 89.0 cm³/mol. The fraction of sp³-hybridized carbons (Fsp3) is 0.353. The van der Waals surface area contributed by atoms with Crippen LogP contribution in [0.1, 0.15) is 29.1 Å². The molecule has 2 N–H and O–H groups in total. The SMILES string of the molecule is O=C1CC[C@H](C(=O)NCc2csc(CCc3ccccc3)n2)N1. The Balaban J connectivity index is 1.45. The molecule has 0 spiro atoms. The van der Waals surface area contributed by atoms with Gasteiger partial charge >= 0.3 is 0 Å². The monoisotopic (exact) mass is 329 g/mol. The van der Waals surface area contributed by atoms with E-state index in [1.807, 2.05) is 23.6 Å². The molecule has 0 unspecified atom stereocenters. The first-order chi connectivity index (χ1) is 11.2. The third-order valence-corrected chi connectivity index (χ3v) is 4.78. The molecule has 0 radical (unpaired) electrons. The van der Waals surface area contributed by atoms with Gasteiger partial charge in [0.2, 0.25) is 11.8 Å². The summed E-state index contributed by atoms with van der Waals surface area (Å²) in [6.07, 6.45) is 2.87. The minimum Gasteiger partial charge on any atom is -0.349 e. The number of rotatable bonds is 6. The zero-order valence-electron chi connectivity index (χ0n) is 12.7. The molecule has 1 fully saturated rings. The van der Waals surface area contributed by atoms with Gasteiger partial charge < -0.3 is 10.6 Å². The van der Waals surface area contributed by atoms with Gasteiger partial charge in [-0.05, 0) is 18.4 Å². The Morgan fingerprint density at radius 3 is 2.87 bits per heavy atom. The molecule has 3 rings (SSSR count). The number of aryl methyl sites for hydroxylation is 2. The Labute approximate surface area is 139 Å². The fourth-order valence-electron chi connectivity index (χ4n) is 2.55. The lowest BCUT2D eigenvalue weighted by molar-refractivity contribution is -0.125. The Hall–Kier alpha value is -2.21. The molecule has 0 aliphatic carbocycles. The third kappa shape index (κ3) is 4.39. The maximum atomic E-state index is 11.9. The zero-order valence-corrected chi connectivity index (χ0v) is 13.6. The van der Waals surface area contributed by atoms with Crippen LogP contribution in [-0.2, 0) is 29.0 Å². The molecule has 1 aromatic carbocycles. The summed E-state index contributed by atoms with van der Waals surface area (Å²) in [5, 5.41) is 8.56. The van der Waals surface area contributed by atoms with Gasteiger partial charge in [-0.25, -0.2) is 4.98 Å². The lowest BCUT2D eigenvalue weighted by atomic mass is 10.1. The molecule has 0 saturated carbocycles. The van der Waals surface area contributed by atoms with Crippen LogP contribution in [0.4, 0.5) is 0 Å². The van der Waals surface area contributed by atoms with Crippen molar-refractivity contribution >= 4 is 23.2 Å². The standard InChI is InChI=1S/C17H19N3O2S/c21-15-8-7-14(20-15)17(22)18-10-13-11-23-16(19-13)9-6-12-4-2-1-3-5-12/h1-5,11,14H,6-10H2,(H,18,22)(H,20,21)/t14-/m1/s1. The number of thiazole rings is 1. The minimum absolute atomic E-state index is 0.0537. The Morgan fingerprint density at radius 1 is 1.30 bits per heavy atom. The van der Waals surface area contributed by atoms with Gasteiger partial charge in [-0.1, -0.05) is 30.3 Å². The van der Waals surface area contributed by atoms with Crippen molar-refractivity contribution < 1.29 is 9.59 Å². The van der Waals surface area contributed by atoms with E-state index in [-0.39, 0.29) is 11.8 Å². The number of nitrogens with zero attached hydrogens (tertiary/aromatic N) is 1. The van der Waals surface area contributed by atoms with Gasteiger partial charge in [0.05, 0.1) is 17.2 Å². The van der Waals surface area contributed by atoms with Gasteiger partial charge in [-0.3, -0.25) is 9.59 Å². The number of carbonyl (C=O) groups is 2. The van der Waals surface area contributed by atoms with Gasteiger partial charge in [-0.15, -0.1) is 11.3 Å². The molecule has 1 saturated heterocycles. The van der Waals surface area contributed by atoms with Crippen molar-refractivity contribution in [1.29, 1.82) is 0 Å². The minimum atomic E-state index is -0.390. The highest BCUT2D eigenvalue weighted by molar-refractivity contribution is 7.09. The van der Waals surface area contributed by atoms with E-state index >= 15 is 0 Å². The van der Waals surface area contributed by atoms with Crippen molar-refractivity contribution in [3.63, 3.8) is 0 Å². The Morgan fingerprint density at radius 2 is 2.13 bits per heavy atom. The highest BCUT2D eigenvalue weighted by atomic mass is 32.1. The summed E-state index contributed by atoms with van der Waals surface area (Å²) in [6.45, 7) is 0.410. The lowest BCUT2D eigenvalue weighted by Crippen LogP contribution is -2.41. The largest absolute Gasteiger partial charge is 0.349 e. The van der Waals surface area contributed by atoms with Crippen molar-refractivity contribution in [3.05, 3.63) is 52.0 Å². The smallest absolute Gasteiger partial charge is 0.242 e. The number of carbonyl (C=O) groups excluding carboxylic acids is 2. The second kappa shape index (κ2) is 7.37. The summed E-state index contributed by atoms with van der Waals surface area (Å²) >= 11 is 1.62. The topological polar surface area (TPSA) is 71.1 Å². The average Bonchev–Trinajstić information content (AvgIpc) is 3.21. The number of amides is 2. The van der Waals surface area contributed by atoms with E-state index in [0.29, 0.717) is 19.4 Å². The van der Waals surface area contributed by atoms with E-state index in [9.17, 15) is 9.59 Å². The number of hydrogen-bond donors (Lipinski definition) is 2. The molecule has 23 heavy (non-hydrogen) atoms. The normalized spacial score (nSPS) is 17.0. The number of hydrogen-bond acceptors (Lipinski definition) is 4. The molecule has 1 aliphatic heterocycles. The van der Waals surface area contributed by atoms with E-state index in [0.717, 1.165) is 23.5 Å². The van der Waals surface area contributed by atoms with E-state index in [1.165, 1.54) is 5.56 Å². The summed E-state index contributed by atoms with van der Waals surface area (Å²) in [7, 11) is 0. The highest BCUT2D eigenvalue weighted by Crippen LogP contribution is 2.13. The molecule has 1 atom stereocenters. The predicted octanol–water partition coefficient (Wildman–Crippen LogP) is 1.82. The van der Waals surface area contributed by atoms with Crippen LogP contribution in [-0.4, -0.2) is 22.8 Å².